The van der Waals surface area contributed by atoms with Crippen molar-refractivity contribution in [3.63, 3.8) is 0 Å². The molecule has 0 atom stereocenters. The molecule has 0 aliphatic rings. The maximum Gasteiger partial charge on any atom is 0.416 e. The second kappa shape index (κ2) is 7.47. The first-order chi connectivity index (χ1) is 13.4. The van der Waals surface area contributed by atoms with Crippen molar-refractivity contribution in [2.24, 2.45) is 0 Å². The summed E-state index contributed by atoms with van der Waals surface area (Å²) >= 11 is 0.910. The van der Waals surface area contributed by atoms with Crippen molar-refractivity contribution in [1.82, 2.24) is 4.98 Å². The van der Waals surface area contributed by atoms with Gasteiger partial charge in [-0.15, -0.1) is 11.3 Å². The smallest absolute Gasteiger partial charge is 0.298 e. The van der Waals surface area contributed by atoms with Crippen molar-refractivity contribution in [2.45, 2.75) is 12.4 Å². The molecule has 0 fully saturated rings. The number of halogens is 7. The van der Waals surface area contributed by atoms with E-state index in [1.54, 1.807) is 0 Å². The fourth-order valence-corrected chi connectivity index (χ4v) is 3.05. The molecule has 152 valence electrons. The third-order valence-electron chi connectivity index (χ3n) is 3.71. The number of carbonyl (C=O) groups excluding carboxylic acids is 1. The lowest BCUT2D eigenvalue weighted by atomic mass is 10.0. The van der Waals surface area contributed by atoms with Crippen LogP contribution in [0.1, 0.15) is 21.5 Å². The summed E-state index contributed by atoms with van der Waals surface area (Å²) < 4.78 is 90.4. The highest BCUT2D eigenvalue weighted by atomic mass is 32.1. The van der Waals surface area contributed by atoms with Gasteiger partial charge in [-0.3, -0.25) is 10.1 Å². The van der Waals surface area contributed by atoms with E-state index in [1.165, 1.54) is 29.6 Å². The molecule has 3 nitrogen and oxygen atoms in total. The van der Waals surface area contributed by atoms with E-state index in [9.17, 15) is 35.5 Å². The zero-order valence-electron chi connectivity index (χ0n) is 14.0. The normalized spacial score (nSPS) is 12.1. The van der Waals surface area contributed by atoms with Gasteiger partial charge in [0.05, 0.1) is 16.8 Å². The second-order valence-corrected chi connectivity index (χ2v) is 6.65. The fraction of sp³-hybridized carbons (Fsp3) is 0.111. The molecule has 0 aliphatic carbocycles. The molecular formula is C18H9F7N2OS. The number of nitrogens with one attached hydrogen (secondary N) is 1. The minimum atomic E-state index is -5.06. The quantitative estimate of drug-likeness (QED) is 0.496. The van der Waals surface area contributed by atoms with E-state index >= 15 is 0 Å². The van der Waals surface area contributed by atoms with Gasteiger partial charge >= 0.3 is 12.4 Å². The number of rotatable bonds is 3. The van der Waals surface area contributed by atoms with Gasteiger partial charge in [-0.05, 0) is 42.5 Å². The first kappa shape index (κ1) is 20.8. The van der Waals surface area contributed by atoms with Gasteiger partial charge in [-0.2, -0.15) is 26.3 Å². The molecule has 1 amide bonds. The lowest BCUT2D eigenvalue weighted by molar-refractivity contribution is -0.143. The second-order valence-electron chi connectivity index (χ2n) is 5.79. The molecule has 0 bridgehead atoms. The summed E-state index contributed by atoms with van der Waals surface area (Å²) in [5, 5.41) is 3.63. The molecule has 3 rings (SSSR count). The van der Waals surface area contributed by atoms with Crippen LogP contribution >= 0.6 is 11.3 Å². The topological polar surface area (TPSA) is 42.0 Å². The van der Waals surface area contributed by atoms with Crippen molar-refractivity contribution in [2.75, 3.05) is 5.32 Å². The van der Waals surface area contributed by atoms with Crippen LogP contribution in [0.2, 0.25) is 0 Å². The van der Waals surface area contributed by atoms with E-state index in [1.807, 2.05) is 0 Å². The number of anilines is 1. The number of alkyl halides is 6. The summed E-state index contributed by atoms with van der Waals surface area (Å²) in [7, 11) is 0. The van der Waals surface area contributed by atoms with E-state index in [0.29, 0.717) is 23.4 Å². The Morgan fingerprint density at radius 3 is 1.97 bits per heavy atom. The van der Waals surface area contributed by atoms with Gasteiger partial charge in [0.2, 0.25) is 0 Å². The van der Waals surface area contributed by atoms with E-state index in [4.69, 9.17) is 0 Å². The first-order valence-electron chi connectivity index (χ1n) is 7.76. The van der Waals surface area contributed by atoms with Crippen molar-refractivity contribution >= 4 is 22.4 Å². The molecule has 29 heavy (non-hydrogen) atoms. The maximum atomic E-state index is 13.0. The summed E-state index contributed by atoms with van der Waals surface area (Å²) in [6.07, 6.45) is -10.1. The highest BCUT2D eigenvalue weighted by Gasteiger charge is 2.37. The van der Waals surface area contributed by atoms with E-state index < -0.39 is 40.8 Å². The third-order valence-corrected chi connectivity index (χ3v) is 4.47. The van der Waals surface area contributed by atoms with Crippen LogP contribution in [0.5, 0.6) is 0 Å². The minimum absolute atomic E-state index is 0.0414. The Morgan fingerprint density at radius 1 is 0.897 bits per heavy atom. The Kier molecular flexibility index (Phi) is 5.35. The summed E-state index contributed by atoms with van der Waals surface area (Å²) in [4.78, 5) is 16.3. The Hall–Kier alpha value is -2.95. The van der Waals surface area contributed by atoms with Crippen molar-refractivity contribution in [1.29, 1.82) is 0 Å². The lowest BCUT2D eigenvalue weighted by Crippen LogP contribution is -2.17. The molecule has 0 unspecified atom stereocenters. The number of thiazole rings is 1. The molecule has 11 heteroatoms. The molecule has 1 aromatic heterocycles. The Morgan fingerprint density at radius 2 is 1.45 bits per heavy atom. The summed E-state index contributed by atoms with van der Waals surface area (Å²) in [6, 6.07) is 5.84. The standard InChI is InChI=1S/C18H9F7N2OS/c19-13-3-1-9(2-4-13)14-8-29-16(26-14)27-15(28)10-5-11(17(20,21)22)7-12(6-10)18(23,24)25/h1-8H,(H,26,27,28). The molecule has 0 saturated heterocycles. The molecule has 2 aromatic carbocycles. The van der Waals surface area contributed by atoms with Crippen LogP contribution in [0.15, 0.2) is 47.8 Å². The summed E-state index contributed by atoms with van der Waals surface area (Å²) in [6.45, 7) is 0. The number of benzene rings is 2. The number of nitrogens with zero attached hydrogens (tertiary/aromatic N) is 1. The number of hydrogen-bond donors (Lipinski definition) is 1. The van der Waals surface area contributed by atoms with Crippen molar-refractivity contribution in [3.05, 3.63) is 70.4 Å². The van der Waals surface area contributed by atoms with Gasteiger partial charge in [0.1, 0.15) is 5.82 Å². The number of amides is 1. The number of hydrogen-bond acceptors (Lipinski definition) is 3. The number of carbonyl (C=O) groups is 1. The zero-order valence-corrected chi connectivity index (χ0v) is 14.8. The Bertz CT molecular complexity index is 1010. The van der Waals surface area contributed by atoms with Crippen LogP contribution in [0.3, 0.4) is 0 Å². The predicted molar refractivity (Wildman–Crippen MR) is 91.9 cm³/mol. The van der Waals surface area contributed by atoms with Crippen LogP contribution in [0.25, 0.3) is 11.3 Å². The van der Waals surface area contributed by atoms with E-state index in [0.717, 1.165) is 11.3 Å². The van der Waals surface area contributed by atoms with Gasteiger partial charge in [-0.1, -0.05) is 0 Å². The molecule has 3 aromatic rings. The predicted octanol–water partition coefficient (Wildman–Crippen LogP) is 6.24. The summed E-state index contributed by atoms with van der Waals surface area (Å²) in [5.74, 6) is -1.65. The number of aromatic nitrogens is 1. The third kappa shape index (κ3) is 4.91. The Balaban J connectivity index is 1.88. The maximum absolute atomic E-state index is 13.0. The van der Waals surface area contributed by atoms with Crippen LogP contribution in [-0.4, -0.2) is 10.9 Å². The fourth-order valence-electron chi connectivity index (χ4n) is 2.34. The first-order valence-corrected chi connectivity index (χ1v) is 8.64. The van der Waals surface area contributed by atoms with E-state index in [2.05, 4.69) is 10.3 Å². The Labute approximate surface area is 162 Å². The monoisotopic (exact) mass is 434 g/mol. The van der Waals surface area contributed by atoms with Crippen LogP contribution in [-0.2, 0) is 12.4 Å². The van der Waals surface area contributed by atoms with Gasteiger partial charge in [-0.25, -0.2) is 9.37 Å². The van der Waals surface area contributed by atoms with Crippen LogP contribution in [0.4, 0.5) is 35.9 Å². The largest absolute Gasteiger partial charge is 0.416 e. The van der Waals surface area contributed by atoms with Gasteiger partial charge < -0.3 is 0 Å². The molecular weight excluding hydrogens is 425 g/mol. The van der Waals surface area contributed by atoms with Crippen molar-refractivity contribution < 1.29 is 35.5 Å². The highest BCUT2D eigenvalue weighted by molar-refractivity contribution is 7.14. The van der Waals surface area contributed by atoms with Gasteiger partial charge in [0.15, 0.2) is 5.13 Å². The average Bonchev–Trinajstić information content (AvgIpc) is 3.09. The van der Waals surface area contributed by atoms with Crippen molar-refractivity contribution in [3.8, 4) is 11.3 Å². The molecule has 0 radical (unpaired) electrons. The lowest BCUT2D eigenvalue weighted by Gasteiger charge is -2.13. The molecule has 1 N–H and O–H groups in total. The zero-order chi connectivity index (χ0) is 21.4. The van der Waals surface area contributed by atoms with E-state index in [-0.39, 0.29) is 11.2 Å². The van der Waals surface area contributed by atoms with Gasteiger partial charge in [0.25, 0.3) is 5.91 Å². The highest BCUT2D eigenvalue weighted by Crippen LogP contribution is 2.36. The van der Waals surface area contributed by atoms with Crippen LogP contribution < -0.4 is 5.32 Å². The molecule has 1 heterocycles. The molecule has 0 saturated carbocycles. The molecule has 0 spiro atoms. The SMILES string of the molecule is O=C(Nc1nc(-c2ccc(F)cc2)cs1)c1cc(C(F)(F)F)cc(C(F)(F)F)c1. The van der Waals surface area contributed by atoms with Crippen LogP contribution in [0, 0.1) is 5.82 Å². The molecule has 0 aliphatic heterocycles. The average molecular weight is 434 g/mol. The van der Waals surface area contributed by atoms with Gasteiger partial charge in [0, 0.05) is 16.5 Å². The summed E-state index contributed by atoms with van der Waals surface area (Å²) in [5.41, 5.74) is -3.13. The minimum Gasteiger partial charge on any atom is -0.298 e.